The average Bonchev–Trinajstić information content (AvgIpc) is 3.53. The molecule has 2 amide bonds. The van der Waals surface area contributed by atoms with E-state index in [0.717, 1.165) is 56.2 Å². The summed E-state index contributed by atoms with van der Waals surface area (Å²) in [4.78, 5) is 32.4. The summed E-state index contributed by atoms with van der Waals surface area (Å²) in [6.45, 7) is 12.1. The third-order valence-electron chi connectivity index (χ3n) is 9.65. The molecular weight excluding hydrogens is 547 g/mol. The van der Waals surface area contributed by atoms with Crippen molar-refractivity contribution < 1.29 is 32.2 Å². The number of amides is 2. The summed E-state index contributed by atoms with van der Waals surface area (Å²) in [7, 11) is 0. The third kappa shape index (κ3) is 6.30. The van der Waals surface area contributed by atoms with Gasteiger partial charge in [0.05, 0.1) is 18.2 Å². The molecule has 0 radical (unpaired) electrons. The number of likely N-dealkylation sites (tertiary alicyclic amines) is 1. The molecule has 1 aliphatic carbocycles. The summed E-state index contributed by atoms with van der Waals surface area (Å²) in [6.07, 6.45) is 0.716. The number of rotatable bonds is 6. The SMILES string of the molecule is CC(C)[C@H]1CO[C@]23CC[C@H](N(Cc4ccc(C(F)(F)F)cc4)CC4CCCN4C(=O)OC(C)(C)C)C[C@H]2CCC(=O)N13. The van der Waals surface area contributed by atoms with Gasteiger partial charge in [0.25, 0.3) is 0 Å². The van der Waals surface area contributed by atoms with Crippen LogP contribution < -0.4 is 0 Å². The van der Waals surface area contributed by atoms with E-state index in [4.69, 9.17) is 9.47 Å². The van der Waals surface area contributed by atoms with Gasteiger partial charge in [0.2, 0.25) is 5.91 Å². The van der Waals surface area contributed by atoms with Gasteiger partial charge in [0, 0.05) is 44.1 Å². The first kappa shape index (κ1) is 31.1. The van der Waals surface area contributed by atoms with E-state index in [1.807, 2.05) is 25.7 Å². The summed E-state index contributed by atoms with van der Waals surface area (Å²) in [5.74, 6) is 0.682. The van der Waals surface area contributed by atoms with Crippen molar-refractivity contribution in [2.75, 3.05) is 19.7 Å². The normalized spacial score (nSPS) is 30.2. The molecule has 3 heterocycles. The fourth-order valence-corrected chi connectivity index (χ4v) is 7.58. The maximum absolute atomic E-state index is 13.2. The van der Waals surface area contributed by atoms with Crippen molar-refractivity contribution in [3.05, 3.63) is 35.4 Å². The average molecular weight is 594 g/mol. The van der Waals surface area contributed by atoms with Gasteiger partial charge in [-0.25, -0.2) is 4.79 Å². The number of benzene rings is 1. The smallest absolute Gasteiger partial charge is 0.416 e. The van der Waals surface area contributed by atoms with Crippen molar-refractivity contribution >= 4 is 12.0 Å². The number of piperidine rings is 1. The second kappa shape index (κ2) is 11.6. The minimum Gasteiger partial charge on any atom is -0.444 e. The number of nitrogens with zero attached hydrogens (tertiary/aromatic N) is 3. The summed E-state index contributed by atoms with van der Waals surface area (Å²) in [5.41, 5.74) is -1.00. The summed E-state index contributed by atoms with van der Waals surface area (Å²) in [6, 6.07) is 5.62. The lowest BCUT2D eigenvalue weighted by Crippen LogP contribution is -2.63. The maximum Gasteiger partial charge on any atom is 0.416 e. The van der Waals surface area contributed by atoms with Crippen molar-refractivity contribution in [2.45, 2.75) is 122 Å². The zero-order chi connectivity index (χ0) is 30.4. The van der Waals surface area contributed by atoms with Crippen molar-refractivity contribution in [2.24, 2.45) is 11.8 Å². The molecule has 4 fully saturated rings. The van der Waals surface area contributed by atoms with Crippen LogP contribution in [0.2, 0.25) is 0 Å². The van der Waals surface area contributed by atoms with Crippen LogP contribution in [0.5, 0.6) is 0 Å². The maximum atomic E-state index is 13.2. The van der Waals surface area contributed by atoms with Gasteiger partial charge in [0.15, 0.2) is 0 Å². The molecule has 5 rings (SSSR count). The van der Waals surface area contributed by atoms with Gasteiger partial charge < -0.3 is 19.3 Å². The van der Waals surface area contributed by atoms with Crippen molar-refractivity contribution in [1.29, 1.82) is 0 Å². The standard InChI is InChI=1S/C32H46F3N3O4/c1-21(2)27-20-41-31-15-14-25(17-24(31)12-13-28(39)38(27)31)36(18-22-8-10-23(11-9-22)32(33,34)35)19-26-7-6-16-37(26)29(40)42-30(3,4)5/h8-11,21,24-27H,6-7,12-20H2,1-5H3/t24-,25+,26?,27-,31-/m1/s1. The summed E-state index contributed by atoms with van der Waals surface area (Å²) >= 11 is 0. The molecule has 0 bridgehead atoms. The fourth-order valence-electron chi connectivity index (χ4n) is 7.58. The number of hydrogen-bond donors (Lipinski definition) is 0. The fraction of sp³-hybridized carbons (Fsp3) is 0.750. The van der Waals surface area contributed by atoms with Crippen LogP contribution in [0.15, 0.2) is 24.3 Å². The molecule has 234 valence electrons. The van der Waals surface area contributed by atoms with Gasteiger partial charge >= 0.3 is 12.3 Å². The van der Waals surface area contributed by atoms with E-state index in [-0.39, 0.29) is 36.0 Å². The van der Waals surface area contributed by atoms with Crippen LogP contribution in [0.25, 0.3) is 0 Å². The second-order valence-corrected chi connectivity index (χ2v) is 14.0. The number of halogens is 3. The van der Waals surface area contributed by atoms with Crippen molar-refractivity contribution in [3.63, 3.8) is 0 Å². The number of alkyl halides is 3. The van der Waals surface area contributed by atoms with Gasteiger partial charge in [-0.2, -0.15) is 13.2 Å². The minimum atomic E-state index is -4.38. The van der Waals surface area contributed by atoms with E-state index in [2.05, 4.69) is 23.6 Å². The van der Waals surface area contributed by atoms with Gasteiger partial charge in [-0.3, -0.25) is 9.69 Å². The zero-order valence-corrected chi connectivity index (χ0v) is 25.6. The largest absolute Gasteiger partial charge is 0.444 e. The molecule has 1 saturated carbocycles. The van der Waals surface area contributed by atoms with E-state index in [1.54, 1.807) is 12.1 Å². The Balaban J connectivity index is 1.37. The molecule has 1 aromatic rings. The molecule has 0 aromatic heterocycles. The van der Waals surface area contributed by atoms with Crippen LogP contribution in [-0.2, 0) is 27.0 Å². The van der Waals surface area contributed by atoms with Crippen LogP contribution in [-0.4, -0.2) is 75.8 Å². The first-order valence-corrected chi connectivity index (χ1v) is 15.5. The van der Waals surface area contributed by atoms with Crippen LogP contribution in [0.4, 0.5) is 18.0 Å². The van der Waals surface area contributed by atoms with Crippen LogP contribution in [0, 0.1) is 11.8 Å². The lowest BCUT2D eigenvalue weighted by atomic mass is 9.72. The van der Waals surface area contributed by atoms with E-state index in [1.165, 1.54) is 0 Å². The van der Waals surface area contributed by atoms with E-state index in [9.17, 15) is 22.8 Å². The van der Waals surface area contributed by atoms with Gasteiger partial charge in [-0.05, 0) is 82.9 Å². The lowest BCUT2D eigenvalue weighted by molar-refractivity contribution is -0.192. The highest BCUT2D eigenvalue weighted by molar-refractivity contribution is 5.78. The van der Waals surface area contributed by atoms with Gasteiger partial charge in [-0.1, -0.05) is 26.0 Å². The quantitative estimate of drug-likeness (QED) is 0.380. The highest BCUT2D eigenvalue weighted by Gasteiger charge is 2.59. The number of carbonyl (C=O) groups excluding carboxylic acids is 2. The molecule has 7 nitrogen and oxygen atoms in total. The molecule has 1 spiro atoms. The van der Waals surface area contributed by atoms with Crippen LogP contribution in [0.3, 0.4) is 0 Å². The summed E-state index contributed by atoms with van der Waals surface area (Å²) in [5, 5.41) is 0. The lowest BCUT2D eigenvalue weighted by Gasteiger charge is -2.54. The van der Waals surface area contributed by atoms with Crippen molar-refractivity contribution in [3.8, 4) is 0 Å². The Morgan fingerprint density at radius 3 is 2.50 bits per heavy atom. The molecular formula is C32H46F3N3O4. The first-order chi connectivity index (χ1) is 19.7. The monoisotopic (exact) mass is 593 g/mol. The third-order valence-corrected chi connectivity index (χ3v) is 9.65. The van der Waals surface area contributed by atoms with Gasteiger partial charge in [0.1, 0.15) is 11.3 Å². The predicted octanol–water partition coefficient (Wildman–Crippen LogP) is 6.45. The number of ether oxygens (including phenoxy) is 2. The molecule has 3 saturated heterocycles. The topological polar surface area (TPSA) is 62.3 Å². The van der Waals surface area contributed by atoms with Crippen molar-refractivity contribution in [1.82, 2.24) is 14.7 Å². The molecule has 10 heteroatoms. The number of hydrogen-bond acceptors (Lipinski definition) is 5. The number of carbonyl (C=O) groups is 2. The predicted molar refractivity (Wildman–Crippen MR) is 152 cm³/mol. The molecule has 1 unspecified atom stereocenters. The highest BCUT2D eigenvalue weighted by Crippen LogP contribution is 2.51. The Hall–Kier alpha value is -2.33. The Kier molecular flexibility index (Phi) is 8.62. The molecule has 4 aliphatic rings. The van der Waals surface area contributed by atoms with E-state index >= 15 is 0 Å². The Bertz CT molecular complexity index is 1140. The molecule has 3 aliphatic heterocycles. The van der Waals surface area contributed by atoms with E-state index < -0.39 is 23.1 Å². The highest BCUT2D eigenvalue weighted by atomic mass is 19.4. The van der Waals surface area contributed by atoms with Gasteiger partial charge in [-0.15, -0.1) is 0 Å². The van der Waals surface area contributed by atoms with E-state index in [0.29, 0.717) is 38.6 Å². The summed E-state index contributed by atoms with van der Waals surface area (Å²) < 4.78 is 52.0. The Labute approximate surface area is 247 Å². The molecule has 5 atom stereocenters. The molecule has 42 heavy (non-hydrogen) atoms. The van der Waals surface area contributed by atoms with Crippen LogP contribution >= 0.6 is 0 Å². The minimum absolute atomic E-state index is 0.0392. The Morgan fingerprint density at radius 1 is 1.14 bits per heavy atom. The Morgan fingerprint density at radius 2 is 1.86 bits per heavy atom. The molecule has 0 N–H and O–H groups in total. The zero-order valence-electron chi connectivity index (χ0n) is 25.6. The molecule has 1 aromatic carbocycles. The first-order valence-electron chi connectivity index (χ1n) is 15.5. The van der Waals surface area contributed by atoms with Crippen LogP contribution in [0.1, 0.15) is 90.7 Å². The second-order valence-electron chi connectivity index (χ2n) is 14.0.